The molecular formula is C18H22NO2P. The van der Waals surface area contributed by atoms with Crippen LogP contribution in [-0.2, 0) is 10.1 Å². The van der Waals surface area contributed by atoms with Crippen molar-refractivity contribution in [3.63, 3.8) is 0 Å². The van der Waals surface area contributed by atoms with Gasteiger partial charge in [0.1, 0.15) is 5.60 Å². The summed E-state index contributed by atoms with van der Waals surface area (Å²) < 4.78 is 6.03. The molecule has 0 bridgehead atoms. The second-order valence-corrected chi connectivity index (χ2v) is 6.65. The van der Waals surface area contributed by atoms with Gasteiger partial charge in [-0.25, -0.2) is 0 Å². The van der Waals surface area contributed by atoms with E-state index in [4.69, 9.17) is 10.0 Å². The Labute approximate surface area is 133 Å². The molecule has 0 radical (unpaired) electrons. The molecule has 3 N–H and O–H groups in total. The molecule has 0 spiro atoms. The van der Waals surface area contributed by atoms with Crippen LogP contribution >= 0.6 is 8.53 Å². The van der Waals surface area contributed by atoms with Crippen LogP contribution in [0.1, 0.15) is 42.7 Å². The van der Waals surface area contributed by atoms with E-state index in [1.165, 1.54) is 12.0 Å². The molecule has 0 heterocycles. The van der Waals surface area contributed by atoms with Crippen molar-refractivity contribution >= 4 is 8.53 Å². The summed E-state index contributed by atoms with van der Waals surface area (Å²) >= 11 is 0. The molecule has 3 unspecified atom stereocenters. The minimum absolute atomic E-state index is 0.213. The Morgan fingerprint density at radius 3 is 2.27 bits per heavy atom. The van der Waals surface area contributed by atoms with E-state index in [0.29, 0.717) is 0 Å². The van der Waals surface area contributed by atoms with Crippen LogP contribution in [0.15, 0.2) is 60.7 Å². The highest BCUT2D eigenvalue weighted by molar-refractivity contribution is 7.43. The zero-order valence-corrected chi connectivity index (χ0v) is 13.5. The van der Waals surface area contributed by atoms with E-state index in [9.17, 15) is 4.89 Å². The topological polar surface area (TPSA) is 55.5 Å². The Bertz CT molecular complexity index is 591. The number of benzene rings is 2. The van der Waals surface area contributed by atoms with Gasteiger partial charge in [-0.2, -0.15) is 0 Å². The van der Waals surface area contributed by atoms with Gasteiger partial charge in [0.15, 0.2) is 0 Å². The first-order valence-corrected chi connectivity index (χ1v) is 9.04. The first kappa shape index (κ1) is 15.6. The number of hydrogen-bond donors (Lipinski definition) is 2. The maximum atomic E-state index is 9.82. The van der Waals surface area contributed by atoms with Gasteiger partial charge in [0, 0.05) is 5.92 Å². The van der Waals surface area contributed by atoms with Crippen LogP contribution in [-0.4, -0.2) is 4.89 Å². The summed E-state index contributed by atoms with van der Waals surface area (Å²) in [5, 5.41) is 0. The van der Waals surface area contributed by atoms with Crippen molar-refractivity contribution in [3.8, 4) is 0 Å². The molecule has 3 rings (SSSR count). The highest BCUT2D eigenvalue weighted by Gasteiger charge is 2.45. The van der Waals surface area contributed by atoms with Crippen LogP contribution < -0.4 is 5.50 Å². The summed E-state index contributed by atoms with van der Waals surface area (Å²) in [4.78, 5) is 9.82. The summed E-state index contributed by atoms with van der Waals surface area (Å²) in [5.74, 6) is 0.213. The van der Waals surface area contributed by atoms with Crippen LogP contribution in [0.25, 0.3) is 0 Å². The molecule has 1 aliphatic rings. The Morgan fingerprint density at radius 2 is 1.64 bits per heavy atom. The molecular weight excluding hydrogens is 293 g/mol. The molecule has 3 atom stereocenters. The second-order valence-electron chi connectivity index (χ2n) is 5.86. The van der Waals surface area contributed by atoms with Crippen molar-refractivity contribution in [1.29, 1.82) is 0 Å². The standard InChI is InChI=1S/C18H22NO2P/c19-22(20)21-18(16-11-5-2-6-12-16)14-8-7-13-17(18)15-9-3-1-4-10-15/h1-6,9-12,17,20H,7-8,13-14,19H2. The molecule has 3 nitrogen and oxygen atoms in total. The number of hydrogen-bond acceptors (Lipinski definition) is 3. The third-order valence-electron chi connectivity index (χ3n) is 4.57. The van der Waals surface area contributed by atoms with Gasteiger partial charge in [-0.3, -0.25) is 5.50 Å². The van der Waals surface area contributed by atoms with Crippen molar-refractivity contribution in [1.82, 2.24) is 0 Å². The lowest BCUT2D eigenvalue weighted by atomic mass is 9.69. The van der Waals surface area contributed by atoms with Crippen molar-refractivity contribution in [3.05, 3.63) is 71.8 Å². The lowest BCUT2D eigenvalue weighted by Gasteiger charge is -2.44. The van der Waals surface area contributed by atoms with Crippen LogP contribution in [0.2, 0.25) is 0 Å². The summed E-state index contributed by atoms with van der Waals surface area (Å²) in [7, 11) is -1.91. The number of nitrogens with two attached hydrogens (primary N) is 1. The highest BCUT2D eigenvalue weighted by atomic mass is 31.2. The number of rotatable bonds is 4. The molecule has 0 saturated heterocycles. The summed E-state index contributed by atoms with van der Waals surface area (Å²) in [6.45, 7) is 0. The first-order valence-electron chi connectivity index (χ1n) is 7.76. The minimum atomic E-state index is -1.91. The Morgan fingerprint density at radius 1 is 1.00 bits per heavy atom. The van der Waals surface area contributed by atoms with Crippen molar-refractivity contribution in [2.45, 2.75) is 37.2 Å². The van der Waals surface area contributed by atoms with Crippen molar-refractivity contribution in [2.75, 3.05) is 0 Å². The zero-order valence-electron chi connectivity index (χ0n) is 12.6. The van der Waals surface area contributed by atoms with Gasteiger partial charge in [-0.1, -0.05) is 73.5 Å². The van der Waals surface area contributed by atoms with Crippen molar-refractivity contribution in [2.24, 2.45) is 5.50 Å². The smallest absolute Gasteiger partial charge is 0.251 e. The molecule has 4 heteroatoms. The van der Waals surface area contributed by atoms with Gasteiger partial charge in [0.2, 0.25) is 0 Å². The van der Waals surface area contributed by atoms with Gasteiger partial charge in [0.25, 0.3) is 8.53 Å². The fourth-order valence-electron chi connectivity index (χ4n) is 3.66. The molecule has 116 valence electrons. The van der Waals surface area contributed by atoms with Gasteiger partial charge < -0.3 is 9.42 Å². The molecule has 0 amide bonds. The lowest BCUT2D eigenvalue weighted by Crippen LogP contribution is -2.38. The van der Waals surface area contributed by atoms with Gasteiger partial charge >= 0.3 is 0 Å². The summed E-state index contributed by atoms with van der Waals surface area (Å²) in [5.41, 5.74) is 7.51. The third-order valence-corrected chi connectivity index (χ3v) is 5.09. The highest BCUT2D eigenvalue weighted by Crippen LogP contribution is 2.54. The van der Waals surface area contributed by atoms with E-state index in [1.54, 1.807) is 0 Å². The molecule has 22 heavy (non-hydrogen) atoms. The molecule has 1 aliphatic carbocycles. The van der Waals surface area contributed by atoms with Gasteiger partial charge in [0.05, 0.1) is 0 Å². The quantitative estimate of drug-likeness (QED) is 0.820. The van der Waals surface area contributed by atoms with Crippen molar-refractivity contribution < 1.29 is 9.42 Å². The fourth-order valence-corrected chi connectivity index (χ4v) is 4.32. The van der Waals surface area contributed by atoms with E-state index < -0.39 is 14.1 Å². The van der Waals surface area contributed by atoms with Gasteiger partial charge in [-0.05, 0) is 24.0 Å². The van der Waals surface area contributed by atoms with Gasteiger partial charge in [-0.15, -0.1) is 0 Å². The Balaban J connectivity index is 2.08. The molecule has 2 aromatic carbocycles. The zero-order chi connectivity index (χ0) is 15.4. The molecule has 2 aromatic rings. The normalized spacial score (nSPS) is 26.5. The Hall–Kier alpha value is -1.25. The van der Waals surface area contributed by atoms with Crippen LogP contribution in [0.3, 0.4) is 0 Å². The van der Waals surface area contributed by atoms with E-state index in [-0.39, 0.29) is 5.92 Å². The average Bonchev–Trinajstić information content (AvgIpc) is 2.56. The fraction of sp³-hybridized carbons (Fsp3) is 0.333. The maximum absolute atomic E-state index is 9.82. The van der Waals surface area contributed by atoms with E-state index in [2.05, 4.69) is 36.4 Å². The predicted octanol–water partition coefficient (Wildman–Crippen LogP) is 4.43. The summed E-state index contributed by atoms with van der Waals surface area (Å²) in [6, 6.07) is 20.6. The van der Waals surface area contributed by atoms with Crippen LogP contribution in [0.4, 0.5) is 0 Å². The largest absolute Gasteiger partial charge is 0.338 e. The lowest BCUT2D eigenvalue weighted by molar-refractivity contribution is 0.00556. The first-order chi connectivity index (χ1) is 10.7. The SMILES string of the molecule is NP(O)OC1(c2ccccc2)CCCCC1c1ccccc1. The molecule has 1 fully saturated rings. The van der Waals surface area contributed by atoms with E-state index >= 15 is 0 Å². The molecule has 1 saturated carbocycles. The average molecular weight is 315 g/mol. The molecule has 0 aromatic heterocycles. The third kappa shape index (κ3) is 3.09. The maximum Gasteiger partial charge on any atom is 0.251 e. The van der Waals surface area contributed by atoms with Crippen LogP contribution in [0, 0.1) is 0 Å². The van der Waals surface area contributed by atoms with Crippen LogP contribution in [0.5, 0.6) is 0 Å². The van der Waals surface area contributed by atoms with E-state index in [1.807, 2.05) is 24.3 Å². The monoisotopic (exact) mass is 315 g/mol. The Kier molecular flexibility index (Phi) is 4.90. The second kappa shape index (κ2) is 6.89. The minimum Gasteiger partial charge on any atom is -0.338 e. The molecule has 0 aliphatic heterocycles. The van der Waals surface area contributed by atoms with E-state index in [0.717, 1.165) is 24.8 Å². The predicted molar refractivity (Wildman–Crippen MR) is 90.2 cm³/mol. The summed E-state index contributed by atoms with van der Waals surface area (Å²) in [6.07, 6.45) is 4.18.